The minimum Gasteiger partial charge on any atom is -0.307 e. The normalized spacial score (nSPS) is 10.5. The van der Waals surface area contributed by atoms with E-state index in [1.165, 1.54) is 11.3 Å². The number of amides is 2. The molecule has 1 heterocycles. The van der Waals surface area contributed by atoms with Gasteiger partial charge in [-0.2, -0.15) is 0 Å². The van der Waals surface area contributed by atoms with Gasteiger partial charge in [0.05, 0.1) is 0 Å². The second-order valence-electron chi connectivity index (χ2n) is 4.64. The van der Waals surface area contributed by atoms with Gasteiger partial charge in [0.1, 0.15) is 10.0 Å². The fourth-order valence-corrected chi connectivity index (χ4v) is 3.14. The van der Waals surface area contributed by atoms with Crippen molar-refractivity contribution < 1.29 is 16.4 Å². The monoisotopic (exact) mass is 443 g/mol. The highest BCUT2D eigenvalue weighted by Crippen LogP contribution is 2.27. The van der Waals surface area contributed by atoms with Gasteiger partial charge in [0.2, 0.25) is 10.2 Å². The van der Waals surface area contributed by atoms with Crippen LogP contribution >= 0.6 is 38.9 Å². The molecule has 0 atom stereocenters. The Morgan fingerprint density at radius 1 is 1.12 bits per heavy atom. The van der Waals surface area contributed by atoms with E-state index in [0.29, 0.717) is 20.9 Å². The molecule has 0 fully saturated rings. The predicted molar refractivity (Wildman–Crippen MR) is 97.7 cm³/mol. The number of halogens is 3. The van der Waals surface area contributed by atoms with E-state index < -0.39 is 6.03 Å². The highest BCUT2D eigenvalue weighted by Gasteiger charge is 2.11. The largest absolute Gasteiger partial charge is 0.325 e. The molecule has 122 valence electrons. The van der Waals surface area contributed by atoms with Crippen molar-refractivity contribution in [2.45, 2.75) is 0 Å². The van der Waals surface area contributed by atoms with Gasteiger partial charge in [0.15, 0.2) is 11.6 Å². The molecule has 9 heteroatoms. The van der Waals surface area contributed by atoms with E-state index in [4.69, 9.17) is 23.2 Å². The van der Waals surface area contributed by atoms with Crippen molar-refractivity contribution in [2.75, 3.05) is 10.6 Å². The lowest BCUT2D eigenvalue weighted by molar-refractivity contribution is -0.288. The number of benzene rings is 2. The maximum absolute atomic E-state index is 12.0. The molecule has 5 nitrogen and oxygen atoms in total. The Bertz CT molecular complexity index is 885. The van der Waals surface area contributed by atoms with Crippen molar-refractivity contribution in [3.8, 4) is 10.6 Å². The zero-order valence-electron chi connectivity index (χ0n) is 11.9. The van der Waals surface area contributed by atoms with Crippen LogP contribution in [0.4, 0.5) is 15.6 Å². The van der Waals surface area contributed by atoms with Crippen LogP contribution < -0.4 is 10.6 Å². The average Bonchev–Trinajstić information content (AvgIpc) is 3.00. The summed E-state index contributed by atoms with van der Waals surface area (Å²) in [5.74, 6) is 0. The predicted octanol–water partition coefficient (Wildman–Crippen LogP) is 4.96. The summed E-state index contributed by atoms with van der Waals surface area (Å²) in [4.78, 5) is 12.0. The number of hydrogen-bond donors (Lipinski definition) is 2. The zero-order chi connectivity index (χ0) is 17.1. The molecule has 0 radical (unpaired) electrons. The van der Waals surface area contributed by atoms with Gasteiger partial charge in [0.25, 0.3) is 0 Å². The molecule has 0 unspecified atom stereocenters. The van der Waals surface area contributed by atoms with E-state index >= 15 is 0 Å². The molecule has 0 aliphatic rings. The van der Waals surface area contributed by atoms with Crippen molar-refractivity contribution in [3.63, 3.8) is 0 Å². The highest BCUT2D eigenvalue weighted by atomic mass is 79.9. The Morgan fingerprint density at radius 3 is 2.58 bits per heavy atom. The number of nitrogens with one attached hydrogen (secondary N) is 2. The Balaban J connectivity index is 1.66. The summed E-state index contributed by atoms with van der Waals surface area (Å²) < 4.78 is 0.984. The van der Waals surface area contributed by atoms with E-state index in [-0.39, 0.29) is 0 Å². The van der Waals surface area contributed by atoms with Crippen LogP contribution in [0, 0.1) is 11.6 Å². The summed E-state index contributed by atoms with van der Waals surface area (Å²) in [6.45, 7) is 0. The molecule has 1 aromatic heterocycles. The maximum Gasteiger partial charge on any atom is 0.325 e. The van der Waals surface area contributed by atoms with Gasteiger partial charge in [-0.15, -0.1) is 10.2 Å². The first-order valence-electron chi connectivity index (χ1n) is 6.65. The molecule has 2 amide bonds. The van der Waals surface area contributed by atoms with E-state index in [2.05, 4.69) is 36.8 Å². The third kappa shape index (κ3) is 4.24. The van der Waals surface area contributed by atoms with Gasteiger partial charge in [-0.3, -0.25) is 5.32 Å². The molecule has 0 saturated carbocycles. The molecule has 0 saturated heterocycles. The van der Waals surface area contributed by atoms with Gasteiger partial charge < -0.3 is 5.32 Å². The summed E-state index contributed by atoms with van der Waals surface area (Å²) in [6, 6.07) is 12.2. The Kier molecular flexibility index (Phi) is 5.35. The third-order valence-electron chi connectivity index (χ3n) is 2.93. The van der Waals surface area contributed by atoms with Crippen LogP contribution in [0.1, 0.15) is 0 Å². The lowest BCUT2D eigenvalue weighted by Crippen LogP contribution is -2.19. The molecule has 24 heavy (non-hydrogen) atoms. The molecular weight excluding hydrogens is 435 g/mol. The van der Waals surface area contributed by atoms with Crippen LogP contribution in [0.3, 0.4) is 0 Å². The van der Waals surface area contributed by atoms with E-state index in [1.807, 2.05) is 24.3 Å². The van der Waals surface area contributed by atoms with Gasteiger partial charge >= 0.3 is 6.03 Å². The number of nitrogens with zero attached hydrogens (tertiary/aromatic N) is 2. The van der Waals surface area contributed by atoms with E-state index in [1.54, 1.807) is 18.2 Å². The molecular formula is C15H10BrCl2N4OS+. The van der Waals surface area contributed by atoms with Gasteiger partial charge in [-0.1, -0.05) is 51.0 Å². The molecule has 3 rings (SSSR count). The maximum atomic E-state index is 12.0. The highest BCUT2D eigenvalue weighted by molar-refractivity contribution is 9.10. The number of carbonyl (C=O) groups excluding carboxylic acids is 1. The van der Waals surface area contributed by atoms with Crippen molar-refractivity contribution in [2.24, 2.45) is 0 Å². The minimum absolute atomic E-state index is 0.401. The van der Waals surface area contributed by atoms with Crippen LogP contribution in [0.25, 0.3) is 10.6 Å². The molecule has 2 N–H and O–H groups in total. The summed E-state index contributed by atoms with van der Waals surface area (Å²) in [5.41, 5.74) is 1.48. The number of hydrogen-bond acceptors (Lipinski definition) is 4. The van der Waals surface area contributed by atoms with Gasteiger partial charge in [-0.05, 0) is 24.3 Å². The van der Waals surface area contributed by atoms with Crippen molar-refractivity contribution >= 4 is 55.7 Å². The Hall–Kier alpha value is -1.67. The van der Waals surface area contributed by atoms with Crippen LogP contribution in [0.2, 0.25) is 10.0 Å². The summed E-state index contributed by atoms with van der Waals surface area (Å²) in [6.07, 6.45) is 0. The molecule has 3 aromatic rings. The number of urea groups is 1. The van der Waals surface area contributed by atoms with Crippen molar-refractivity contribution in [1.82, 2.24) is 10.2 Å². The van der Waals surface area contributed by atoms with Crippen molar-refractivity contribution in [1.29, 1.82) is 0 Å². The fourth-order valence-electron chi connectivity index (χ4n) is 1.82. The smallest absolute Gasteiger partial charge is 0.307 e. The van der Waals surface area contributed by atoms with Crippen LogP contribution in [0.5, 0.6) is 0 Å². The number of rotatable bonds is 3. The third-order valence-corrected chi connectivity index (χ3v) is 5.12. The lowest BCUT2D eigenvalue weighted by Gasteiger charge is -2.04. The first-order chi connectivity index (χ1) is 11.5. The first-order valence-corrected chi connectivity index (χ1v) is 9.05. The zero-order valence-corrected chi connectivity index (χ0v) is 15.9. The number of aromatic nitrogens is 2. The average molecular weight is 445 g/mol. The topological polar surface area (TPSA) is 66.9 Å². The summed E-state index contributed by atoms with van der Waals surface area (Å²) in [7, 11) is 0. The Morgan fingerprint density at radius 2 is 1.88 bits per heavy atom. The van der Waals surface area contributed by atoms with E-state index in [9.17, 15) is 4.79 Å². The molecule has 2 aromatic carbocycles. The van der Waals surface area contributed by atoms with Crippen molar-refractivity contribution in [3.05, 3.63) is 57.0 Å². The second-order valence-corrected chi connectivity index (χ2v) is 7.38. The second kappa shape index (κ2) is 7.48. The number of carbonyl (C=O) groups is 1. The summed E-state index contributed by atoms with van der Waals surface area (Å²) >= 11 is 15.6. The summed E-state index contributed by atoms with van der Waals surface area (Å²) in [5, 5.41) is 15.4. The fraction of sp³-hybridized carbons (Fsp3) is 0. The standard InChI is InChI=1S/C15H9BrCl2N4OS/c16-9-3-1-8(2-4-9)13-21-22-15(24-13)20-14(23)19-10-5-6-11(17)12(18)7-10/h1-7,18H,(H-,19,20,22,23)/p+1. The molecule has 0 aliphatic heterocycles. The number of anilines is 2. The van der Waals surface area contributed by atoms with Crippen LogP contribution in [0.15, 0.2) is 46.9 Å². The van der Waals surface area contributed by atoms with Crippen LogP contribution in [-0.2, 0) is 0 Å². The van der Waals surface area contributed by atoms with Gasteiger partial charge in [-0.25, -0.2) is 4.79 Å². The molecule has 0 aliphatic carbocycles. The first kappa shape index (κ1) is 17.2. The quantitative estimate of drug-likeness (QED) is 0.599. The van der Waals surface area contributed by atoms with Gasteiger partial charge in [0, 0.05) is 21.8 Å². The SMILES string of the molecule is O=C(Nc1ccc(Cl)c([ClH+])c1)Nc1nnc(-c2ccc(Br)cc2)s1. The van der Waals surface area contributed by atoms with Crippen LogP contribution in [-0.4, -0.2) is 16.2 Å². The molecule has 0 bridgehead atoms. The van der Waals surface area contributed by atoms with E-state index in [0.717, 1.165) is 15.0 Å². The Labute approximate surface area is 160 Å². The lowest BCUT2D eigenvalue weighted by atomic mass is 10.2. The minimum atomic E-state index is -0.426. The molecule has 0 spiro atoms.